The lowest BCUT2D eigenvalue weighted by molar-refractivity contribution is 0.372. The minimum atomic E-state index is 0.749. The van der Waals surface area contributed by atoms with E-state index in [1.54, 1.807) is 0 Å². The zero-order chi connectivity index (χ0) is 9.14. The molecule has 1 rings (SSSR count). The average Bonchev–Trinajstić information content (AvgIpc) is 2.26. The van der Waals surface area contributed by atoms with E-state index in [9.17, 15) is 0 Å². The van der Waals surface area contributed by atoms with Crippen LogP contribution in [0.1, 0.15) is 0 Å². The number of hydrogen-bond acceptors (Lipinski definition) is 4. The lowest BCUT2D eigenvalue weighted by Crippen LogP contribution is -2.18. The molecule has 12 heavy (non-hydrogen) atoms. The minimum absolute atomic E-state index is 0.749. The monoisotopic (exact) mass is 221 g/mol. The Morgan fingerprint density at radius 1 is 1.50 bits per heavy atom. The Bertz CT molecular complexity index is 345. The molecule has 0 amide bonds. The van der Waals surface area contributed by atoms with Crippen molar-refractivity contribution in [2.75, 3.05) is 20.6 Å². The largest absolute Gasteiger partial charge is 0.308 e. The smallest absolute Gasteiger partial charge is 0.178 e. The molecular weight excluding hydrogens is 210 g/mol. The third kappa shape index (κ3) is 2.78. The maximum absolute atomic E-state index is 5.09. The molecule has 0 aliphatic heterocycles. The van der Waals surface area contributed by atoms with E-state index in [0.717, 1.165) is 21.0 Å². The normalized spacial score (nSPS) is 10.9. The topological polar surface area (TPSA) is 24.0 Å². The number of rotatable bonds is 3. The van der Waals surface area contributed by atoms with Crippen LogP contribution in [0.25, 0.3) is 0 Å². The van der Waals surface area contributed by atoms with Gasteiger partial charge in [0.15, 0.2) is 7.91 Å². The van der Waals surface area contributed by atoms with Gasteiger partial charge in [0.25, 0.3) is 0 Å². The van der Waals surface area contributed by atoms with Gasteiger partial charge in [-0.05, 0) is 38.5 Å². The van der Waals surface area contributed by atoms with Crippen LogP contribution in [-0.4, -0.2) is 35.3 Å². The molecule has 0 saturated heterocycles. The lowest BCUT2D eigenvalue weighted by Gasteiger charge is -2.08. The van der Waals surface area contributed by atoms with Crippen LogP contribution in [0, 0.1) is 7.91 Å². The molecular formula is C6H11N3S3. The molecule has 0 aromatic carbocycles. The van der Waals surface area contributed by atoms with E-state index in [-0.39, 0.29) is 0 Å². The second-order valence-corrected chi connectivity index (χ2v) is 5.03. The zero-order valence-electron chi connectivity index (χ0n) is 7.03. The summed E-state index contributed by atoms with van der Waals surface area (Å²) >= 11 is 11.5. The molecule has 1 heterocycles. The Balaban J connectivity index is 2.70. The highest BCUT2D eigenvalue weighted by Gasteiger charge is 1.95. The van der Waals surface area contributed by atoms with E-state index < -0.39 is 0 Å². The number of H-pyrrole nitrogens is 1. The molecule has 1 aromatic heterocycles. The van der Waals surface area contributed by atoms with E-state index in [0.29, 0.717) is 0 Å². The predicted molar refractivity (Wildman–Crippen MR) is 56.9 cm³/mol. The van der Waals surface area contributed by atoms with Crippen molar-refractivity contribution in [3.8, 4) is 0 Å². The lowest BCUT2D eigenvalue weighted by atomic mass is 10.6. The molecule has 6 heteroatoms. The van der Waals surface area contributed by atoms with E-state index in [2.05, 4.69) is 10.00 Å². The molecule has 1 aromatic rings. The van der Waals surface area contributed by atoms with Gasteiger partial charge in [0.05, 0.1) is 6.54 Å². The van der Waals surface area contributed by atoms with Gasteiger partial charge >= 0.3 is 0 Å². The molecule has 0 aliphatic carbocycles. The Morgan fingerprint density at radius 2 is 2.17 bits per heavy atom. The predicted octanol–water partition coefficient (Wildman–Crippen LogP) is 1.90. The Hall–Kier alpha value is -0.0400. The van der Waals surface area contributed by atoms with Crippen molar-refractivity contribution in [1.82, 2.24) is 14.7 Å². The first-order chi connectivity index (χ1) is 5.59. The summed E-state index contributed by atoms with van der Waals surface area (Å²) in [6.45, 7) is 1.84. The highest BCUT2D eigenvalue weighted by Crippen LogP contribution is 2.02. The number of aromatic amines is 1. The highest BCUT2D eigenvalue weighted by molar-refractivity contribution is 7.75. The highest BCUT2D eigenvalue weighted by atomic mass is 32.2. The molecule has 0 saturated carbocycles. The number of nitrogens with one attached hydrogen (secondary N) is 1. The van der Waals surface area contributed by atoms with Gasteiger partial charge in [0.1, 0.15) is 0 Å². The van der Waals surface area contributed by atoms with E-state index in [4.69, 9.17) is 24.4 Å². The molecule has 68 valence electrons. The molecule has 0 unspecified atom stereocenters. The van der Waals surface area contributed by atoms with E-state index in [1.165, 1.54) is 11.3 Å². The fourth-order valence-corrected chi connectivity index (χ4v) is 2.21. The van der Waals surface area contributed by atoms with Gasteiger partial charge in [-0.3, -0.25) is 9.78 Å². The van der Waals surface area contributed by atoms with Gasteiger partial charge in [-0.2, -0.15) is 0 Å². The number of nitrogens with zero attached hydrogens (tertiary/aromatic N) is 2. The third-order valence-corrected chi connectivity index (χ3v) is 2.88. The number of hydrogen-bond donors (Lipinski definition) is 1. The van der Waals surface area contributed by atoms with Gasteiger partial charge in [0.2, 0.25) is 0 Å². The van der Waals surface area contributed by atoms with Crippen molar-refractivity contribution in [1.29, 1.82) is 0 Å². The van der Waals surface area contributed by atoms with Gasteiger partial charge in [0, 0.05) is 6.54 Å². The fourth-order valence-electron chi connectivity index (χ4n) is 0.760. The van der Waals surface area contributed by atoms with Crippen LogP contribution in [0.5, 0.6) is 0 Å². The summed E-state index contributed by atoms with van der Waals surface area (Å²) in [7, 11) is 4.06. The van der Waals surface area contributed by atoms with Crippen molar-refractivity contribution in [2.24, 2.45) is 0 Å². The minimum Gasteiger partial charge on any atom is -0.308 e. The molecule has 0 spiro atoms. The first-order valence-electron chi connectivity index (χ1n) is 3.54. The summed E-state index contributed by atoms with van der Waals surface area (Å²) < 4.78 is 3.48. The summed E-state index contributed by atoms with van der Waals surface area (Å²) in [4.78, 5) is 2.11. The number of likely N-dealkylation sites (N-methyl/N-ethyl adjacent to an activating group) is 1. The maximum atomic E-state index is 5.09. The Labute approximate surface area is 85.6 Å². The third-order valence-electron chi connectivity index (χ3n) is 1.40. The summed E-state index contributed by atoms with van der Waals surface area (Å²) in [6.07, 6.45) is 0. The fraction of sp³-hybridized carbons (Fsp3) is 0.667. The van der Waals surface area contributed by atoms with Gasteiger partial charge in [-0.15, -0.1) is 0 Å². The maximum Gasteiger partial charge on any atom is 0.178 e. The van der Waals surface area contributed by atoms with Crippen molar-refractivity contribution in [3.63, 3.8) is 0 Å². The van der Waals surface area contributed by atoms with Crippen LogP contribution in [-0.2, 0) is 6.54 Å². The summed E-state index contributed by atoms with van der Waals surface area (Å²) in [5.41, 5.74) is 0. The molecule has 0 aliphatic rings. The van der Waals surface area contributed by atoms with Gasteiger partial charge in [-0.25, -0.2) is 0 Å². The second kappa shape index (κ2) is 4.27. The standard InChI is InChI=1S/C6H11N3S3/c1-8(2)3-4-9-6(11)12-5(10)7-9/h3-4H2,1-2H3,(H,7,10). The summed E-state index contributed by atoms with van der Waals surface area (Å²) in [5, 5.41) is 3.02. The van der Waals surface area contributed by atoms with Crippen LogP contribution in [0.4, 0.5) is 0 Å². The first-order valence-corrected chi connectivity index (χ1v) is 5.17. The molecule has 0 bridgehead atoms. The SMILES string of the molecule is CN(C)CCn1[nH]c(=S)sc1=S. The Morgan fingerprint density at radius 3 is 2.58 bits per heavy atom. The van der Waals surface area contributed by atoms with E-state index >= 15 is 0 Å². The van der Waals surface area contributed by atoms with Crippen molar-refractivity contribution >= 4 is 35.8 Å². The molecule has 0 fully saturated rings. The molecule has 3 nitrogen and oxygen atoms in total. The van der Waals surface area contributed by atoms with Crippen molar-refractivity contribution in [3.05, 3.63) is 7.91 Å². The van der Waals surface area contributed by atoms with Crippen LogP contribution in [0.2, 0.25) is 0 Å². The molecule has 0 radical (unpaired) electrons. The first kappa shape index (κ1) is 10.0. The average molecular weight is 221 g/mol. The quantitative estimate of drug-likeness (QED) is 0.789. The van der Waals surface area contributed by atoms with E-state index in [1.807, 2.05) is 18.8 Å². The van der Waals surface area contributed by atoms with Gasteiger partial charge < -0.3 is 4.90 Å². The Kier molecular flexibility index (Phi) is 3.57. The zero-order valence-corrected chi connectivity index (χ0v) is 9.48. The second-order valence-electron chi connectivity index (χ2n) is 2.72. The van der Waals surface area contributed by atoms with Crippen molar-refractivity contribution < 1.29 is 0 Å². The van der Waals surface area contributed by atoms with Gasteiger partial charge in [-0.1, -0.05) is 11.3 Å². The van der Waals surface area contributed by atoms with Crippen LogP contribution >= 0.6 is 35.8 Å². The van der Waals surface area contributed by atoms with Crippen LogP contribution in [0.15, 0.2) is 0 Å². The molecule has 0 atom stereocenters. The van der Waals surface area contributed by atoms with Crippen molar-refractivity contribution in [2.45, 2.75) is 6.54 Å². The summed E-state index contributed by atoms with van der Waals surface area (Å²) in [5.74, 6) is 0. The molecule has 1 N–H and O–H groups in total. The van der Waals surface area contributed by atoms with Crippen LogP contribution < -0.4 is 0 Å². The van der Waals surface area contributed by atoms with Crippen LogP contribution in [0.3, 0.4) is 0 Å². The summed E-state index contributed by atoms with van der Waals surface area (Å²) in [6, 6.07) is 0. The number of aromatic nitrogens is 2.